The lowest BCUT2D eigenvalue weighted by Gasteiger charge is -2.16. The minimum atomic E-state index is -0.0671. The number of pyridine rings is 1. The maximum absolute atomic E-state index is 12.7. The first-order valence-corrected chi connectivity index (χ1v) is 7.84. The molecule has 1 amide bonds. The zero-order valence-corrected chi connectivity index (χ0v) is 12.9. The molecule has 6 nitrogen and oxygen atoms in total. The van der Waals surface area contributed by atoms with E-state index in [4.69, 9.17) is 4.52 Å². The molecular formula is C18H16N4O2. The first-order chi connectivity index (χ1) is 11.8. The number of aromatic nitrogens is 3. The normalized spacial score (nSPS) is 20.2. The van der Waals surface area contributed by atoms with E-state index in [1.165, 1.54) is 12.0 Å². The van der Waals surface area contributed by atoms with Crippen molar-refractivity contribution in [2.45, 2.75) is 11.8 Å². The summed E-state index contributed by atoms with van der Waals surface area (Å²) in [7, 11) is 0. The van der Waals surface area contributed by atoms with Crippen molar-refractivity contribution >= 4 is 5.91 Å². The molecule has 0 aliphatic carbocycles. The van der Waals surface area contributed by atoms with Gasteiger partial charge in [0.25, 0.3) is 5.91 Å². The average Bonchev–Trinajstić information content (AvgIpc) is 3.32. The predicted octanol–water partition coefficient (Wildman–Crippen LogP) is 2.49. The monoisotopic (exact) mass is 320 g/mol. The molecule has 0 spiro atoms. The molecule has 0 saturated carbocycles. The van der Waals surface area contributed by atoms with Crippen molar-refractivity contribution in [2.75, 3.05) is 13.1 Å². The molecule has 120 valence electrons. The van der Waals surface area contributed by atoms with Crippen molar-refractivity contribution in [3.8, 4) is 0 Å². The van der Waals surface area contributed by atoms with Crippen molar-refractivity contribution in [1.29, 1.82) is 0 Å². The van der Waals surface area contributed by atoms with Crippen LogP contribution >= 0.6 is 0 Å². The fourth-order valence-electron chi connectivity index (χ4n) is 3.26. The molecule has 1 aliphatic heterocycles. The highest BCUT2D eigenvalue weighted by atomic mass is 16.5. The molecule has 6 heteroatoms. The van der Waals surface area contributed by atoms with Crippen LogP contribution in [0.5, 0.6) is 0 Å². The van der Waals surface area contributed by atoms with Gasteiger partial charge in [0.05, 0.1) is 0 Å². The maximum Gasteiger partial charge on any atom is 0.272 e. The van der Waals surface area contributed by atoms with Gasteiger partial charge in [-0.3, -0.25) is 9.78 Å². The highest BCUT2D eigenvalue weighted by Crippen LogP contribution is 2.38. The topological polar surface area (TPSA) is 72.1 Å². The lowest BCUT2D eigenvalue weighted by atomic mass is 9.88. The van der Waals surface area contributed by atoms with Gasteiger partial charge in [0, 0.05) is 31.1 Å². The van der Waals surface area contributed by atoms with Crippen LogP contribution in [-0.4, -0.2) is 39.0 Å². The largest absolute Gasteiger partial charge is 0.343 e. The summed E-state index contributed by atoms with van der Waals surface area (Å²) in [5.41, 5.74) is 1.63. The van der Waals surface area contributed by atoms with Crippen molar-refractivity contribution in [3.63, 3.8) is 0 Å². The van der Waals surface area contributed by atoms with Gasteiger partial charge in [0.1, 0.15) is 5.69 Å². The van der Waals surface area contributed by atoms with Crippen LogP contribution in [0.25, 0.3) is 0 Å². The molecule has 24 heavy (non-hydrogen) atoms. The molecule has 4 rings (SSSR count). The van der Waals surface area contributed by atoms with Crippen LogP contribution in [0, 0.1) is 0 Å². The molecule has 1 saturated heterocycles. The van der Waals surface area contributed by atoms with Crippen LogP contribution in [0.15, 0.2) is 65.6 Å². The molecule has 0 radical (unpaired) electrons. The molecule has 1 aromatic carbocycles. The molecule has 0 N–H and O–H groups in total. The first kappa shape index (κ1) is 14.6. The average molecular weight is 320 g/mol. The Balaban J connectivity index is 1.64. The lowest BCUT2D eigenvalue weighted by molar-refractivity contribution is 0.0783. The Morgan fingerprint density at radius 2 is 1.79 bits per heavy atom. The Hall–Kier alpha value is -3.02. The highest BCUT2D eigenvalue weighted by Gasteiger charge is 2.39. The Kier molecular flexibility index (Phi) is 3.78. The third-order valence-electron chi connectivity index (χ3n) is 4.43. The summed E-state index contributed by atoms with van der Waals surface area (Å²) in [6.07, 6.45) is 2.97. The van der Waals surface area contributed by atoms with Crippen LogP contribution in [0.1, 0.15) is 33.7 Å². The molecule has 1 aliphatic rings. The van der Waals surface area contributed by atoms with Gasteiger partial charge >= 0.3 is 0 Å². The van der Waals surface area contributed by atoms with Crippen LogP contribution in [0.2, 0.25) is 0 Å². The molecule has 3 heterocycles. The summed E-state index contributed by atoms with van der Waals surface area (Å²) in [5.74, 6) is 0.720. The van der Waals surface area contributed by atoms with Gasteiger partial charge in [-0.25, -0.2) is 0 Å². The van der Waals surface area contributed by atoms with Crippen LogP contribution < -0.4 is 0 Å². The number of carbonyl (C=O) groups is 1. The number of rotatable bonds is 3. The number of hydrogen-bond donors (Lipinski definition) is 0. The van der Waals surface area contributed by atoms with Crippen molar-refractivity contribution < 1.29 is 9.32 Å². The third-order valence-corrected chi connectivity index (χ3v) is 4.43. The van der Waals surface area contributed by atoms with Crippen LogP contribution in [0.4, 0.5) is 0 Å². The number of likely N-dealkylation sites (tertiary alicyclic amines) is 1. The Bertz CT molecular complexity index is 806. The van der Waals surface area contributed by atoms with E-state index < -0.39 is 0 Å². The molecule has 0 bridgehead atoms. The lowest BCUT2D eigenvalue weighted by Crippen LogP contribution is -2.29. The minimum absolute atomic E-state index is 0.0128. The van der Waals surface area contributed by atoms with Gasteiger partial charge < -0.3 is 9.42 Å². The van der Waals surface area contributed by atoms with E-state index in [1.807, 2.05) is 29.2 Å². The van der Waals surface area contributed by atoms with Gasteiger partial charge in [0.15, 0.2) is 5.82 Å². The van der Waals surface area contributed by atoms with E-state index in [9.17, 15) is 4.79 Å². The Labute approximate surface area is 139 Å². The smallest absolute Gasteiger partial charge is 0.272 e. The third kappa shape index (κ3) is 2.67. The number of carbonyl (C=O) groups excluding carboxylic acids is 1. The first-order valence-electron chi connectivity index (χ1n) is 7.84. The Morgan fingerprint density at radius 1 is 1.00 bits per heavy atom. The summed E-state index contributed by atoms with van der Waals surface area (Å²) in [5, 5.41) is 4.00. The Morgan fingerprint density at radius 3 is 2.50 bits per heavy atom. The SMILES string of the molecule is O=C(c1ccccn1)N1C[C@H](c2ccccc2)[C@H](c2ncon2)C1. The summed E-state index contributed by atoms with van der Waals surface area (Å²) in [6, 6.07) is 15.5. The zero-order valence-electron chi connectivity index (χ0n) is 12.9. The molecule has 2 aromatic heterocycles. The summed E-state index contributed by atoms with van der Waals surface area (Å²) in [4.78, 5) is 22.9. The molecule has 3 aromatic rings. The van der Waals surface area contributed by atoms with Gasteiger partial charge in [-0.1, -0.05) is 41.6 Å². The second-order valence-corrected chi connectivity index (χ2v) is 5.84. The second kappa shape index (κ2) is 6.23. The number of nitrogens with zero attached hydrogens (tertiary/aromatic N) is 4. The van der Waals surface area contributed by atoms with E-state index in [1.54, 1.807) is 18.3 Å². The summed E-state index contributed by atoms with van der Waals surface area (Å²) < 4.78 is 4.91. The summed E-state index contributed by atoms with van der Waals surface area (Å²) >= 11 is 0. The van der Waals surface area contributed by atoms with Gasteiger partial charge in [-0.2, -0.15) is 4.98 Å². The second-order valence-electron chi connectivity index (χ2n) is 5.84. The van der Waals surface area contributed by atoms with E-state index >= 15 is 0 Å². The molecule has 1 fully saturated rings. The quantitative estimate of drug-likeness (QED) is 0.741. The van der Waals surface area contributed by atoms with Crippen LogP contribution in [0.3, 0.4) is 0 Å². The number of benzene rings is 1. The highest BCUT2D eigenvalue weighted by molar-refractivity contribution is 5.92. The fraction of sp³-hybridized carbons (Fsp3) is 0.222. The van der Waals surface area contributed by atoms with E-state index in [0.717, 1.165) is 0 Å². The number of hydrogen-bond acceptors (Lipinski definition) is 5. The standard InChI is InChI=1S/C18H16N4O2/c23-18(16-8-4-5-9-19-16)22-10-14(13-6-2-1-3-7-13)15(11-22)17-20-12-24-21-17/h1-9,12,14-15H,10-11H2/t14-,15-/m1/s1. The van der Waals surface area contributed by atoms with Gasteiger partial charge in [0.2, 0.25) is 6.39 Å². The van der Waals surface area contributed by atoms with E-state index in [-0.39, 0.29) is 17.7 Å². The molecule has 2 atom stereocenters. The molecule has 0 unspecified atom stereocenters. The van der Waals surface area contributed by atoms with E-state index in [0.29, 0.717) is 24.6 Å². The van der Waals surface area contributed by atoms with Crippen molar-refractivity contribution in [3.05, 3.63) is 78.2 Å². The van der Waals surface area contributed by atoms with Crippen molar-refractivity contribution in [2.24, 2.45) is 0 Å². The number of amides is 1. The maximum atomic E-state index is 12.7. The van der Waals surface area contributed by atoms with E-state index in [2.05, 4.69) is 27.3 Å². The van der Waals surface area contributed by atoms with Gasteiger partial charge in [-0.15, -0.1) is 0 Å². The van der Waals surface area contributed by atoms with Crippen molar-refractivity contribution in [1.82, 2.24) is 20.0 Å². The predicted molar refractivity (Wildman–Crippen MR) is 86.4 cm³/mol. The fourth-order valence-corrected chi connectivity index (χ4v) is 3.26. The minimum Gasteiger partial charge on any atom is -0.343 e. The van der Waals surface area contributed by atoms with Crippen LogP contribution in [-0.2, 0) is 0 Å². The van der Waals surface area contributed by atoms with Gasteiger partial charge in [-0.05, 0) is 17.7 Å². The summed E-state index contributed by atoms with van der Waals surface area (Å²) in [6.45, 7) is 1.16. The molecular weight excluding hydrogens is 304 g/mol. The zero-order chi connectivity index (χ0) is 16.4.